The van der Waals surface area contributed by atoms with Gasteiger partial charge in [-0.15, -0.1) is 0 Å². The van der Waals surface area contributed by atoms with Crippen LogP contribution in [0.4, 0.5) is 0 Å². The Hall–Kier alpha value is -0.900. The number of ether oxygens (including phenoxy) is 1. The van der Waals surface area contributed by atoms with Crippen LogP contribution in [0.3, 0.4) is 0 Å². The second-order valence-electron chi connectivity index (χ2n) is 4.07. The molecule has 1 heterocycles. The van der Waals surface area contributed by atoms with Gasteiger partial charge in [0.05, 0.1) is 12.0 Å². The number of ketones is 1. The summed E-state index contributed by atoms with van der Waals surface area (Å²) in [5.74, 6) is -0.438. The van der Waals surface area contributed by atoms with Gasteiger partial charge in [0.25, 0.3) is 0 Å². The number of hydrogen-bond donors (Lipinski definition) is 1. The number of fused-ring (bicyclic) bond motifs is 3. The van der Waals surface area contributed by atoms with Gasteiger partial charge in [-0.2, -0.15) is 0 Å². The minimum absolute atomic E-state index is 0.0139. The first-order chi connectivity index (χ1) is 5.58. The molecule has 0 bridgehead atoms. The molecule has 64 valence electrons. The quantitative estimate of drug-likeness (QED) is 0.513. The molecule has 0 aromatic carbocycles. The summed E-state index contributed by atoms with van der Waals surface area (Å²) in [5.41, 5.74) is 4.71. The van der Waals surface area contributed by atoms with Crippen molar-refractivity contribution in [3.8, 4) is 0 Å². The van der Waals surface area contributed by atoms with Gasteiger partial charge in [-0.05, 0) is 0 Å². The molecule has 0 spiro atoms. The highest BCUT2D eigenvalue weighted by Gasteiger charge is 2.84. The summed E-state index contributed by atoms with van der Waals surface area (Å²) in [4.78, 5) is 22.4. The predicted molar refractivity (Wildman–Crippen MR) is 37.9 cm³/mol. The highest BCUT2D eigenvalue weighted by atomic mass is 16.6. The normalized spacial score (nSPS) is 59.2. The molecule has 5 unspecified atom stereocenters. The number of epoxide rings is 1. The minimum atomic E-state index is -0.459. The van der Waals surface area contributed by atoms with Gasteiger partial charge < -0.3 is 10.5 Å². The second kappa shape index (κ2) is 1.44. The lowest BCUT2D eigenvalue weighted by molar-refractivity contribution is -0.128. The summed E-state index contributed by atoms with van der Waals surface area (Å²) < 4.78 is 5.11. The molecule has 0 aromatic heterocycles. The van der Waals surface area contributed by atoms with Crippen molar-refractivity contribution in [2.24, 2.45) is 23.0 Å². The van der Waals surface area contributed by atoms with Crippen LogP contribution in [0.2, 0.25) is 0 Å². The SMILES string of the molecule is CC12C(=O)C3OC3C1C2C(N)=O. The van der Waals surface area contributed by atoms with Crippen molar-refractivity contribution < 1.29 is 14.3 Å². The van der Waals surface area contributed by atoms with Crippen molar-refractivity contribution >= 4 is 11.7 Å². The van der Waals surface area contributed by atoms with Gasteiger partial charge in [-0.1, -0.05) is 6.92 Å². The maximum Gasteiger partial charge on any atom is 0.221 e. The third kappa shape index (κ3) is 0.434. The number of rotatable bonds is 1. The zero-order valence-electron chi connectivity index (χ0n) is 6.61. The largest absolute Gasteiger partial charge is 0.369 e. The fourth-order valence-corrected chi connectivity index (χ4v) is 2.78. The number of primary amides is 1. The smallest absolute Gasteiger partial charge is 0.221 e. The van der Waals surface area contributed by atoms with E-state index in [-0.39, 0.29) is 35.7 Å². The molecule has 12 heavy (non-hydrogen) atoms. The second-order valence-corrected chi connectivity index (χ2v) is 4.07. The van der Waals surface area contributed by atoms with E-state index in [9.17, 15) is 9.59 Å². The van der Waals surface area contributed by atoms with Crippen LogP contribution in [0, 0.1) is 17.3 Å². The van der Waals surface area contributed by atoms with Gasteiger partial charge >= 0.3 is 0 Å². The van der Waals surface area contributed by atoms with Gasteiger partial charge in [0.2, 0.25) is 5.91 Å². The molecule has 4 heteroatoms. The van der Waals surface area contributed by atoms with Crippen molar-refractivity contribution in [2.45, 2.75) is 19.1 Å². The van der Waals surface area contributed by atoms with Crippen LogP contribution >= 0.6 is 0 Å². The Kier molecular flexibility index (Phi) is 0.792. The van der Waals surface area contributed by atoms with Gasteiger partial charge in [0.15, 0.2) is 5.78 Å². The Morgan fingerprint density at radius 2 is 2.33 bits per heavy atom. The summed E-state index contributed by atoms with van der Waals surface area (Å²) in [7, 11) is 0. The summed E-state index contributed by atoms with van der Waals surface area (Å²) >= 11 is 0. The van der Waals surface area contributed by atoms with E-state index in [1.54, 1.807) is 0 Å². The molecule has 3 fully saturated rings. The summed E-state index contributed by atoms with van der Waals surface area (Å²) in [6, 6.07) is 0. The molecule has 5 atom stereocenters. The molecule has 2 aliphatic carbocycles. The predicted octanol–water partition coefficient (Wildman–Crippen LogP) is -0.926. The molecule has 1 amide bonds. The Balaban J connectivity index is 1.99. The van der Waals surface area contributed by atoms with Gasteiger partial charge in [0, 0.05) is 11.3 Å². The molecule has 3 rings (SSSR count). The van der Waals surface area contributed by atoms with E-state index in [1.807, 2.05) is 6.92 Å². The average molecular weight is 167 g/mol. The third-order valence-corrected chi connectivity index (χ3v) is 3.56. The minimum Gasteiger partial charge on any atom is -0.369 e. The Bertz CT molecular complexity index is 313. The lowest BCUT2D eigenvalue weighted by atomic mass is 10.0. The van der Waals surface area contributed by atoms with E-state index in [1.165, 1.54) is 0 Å². The molecular formula is C8H9NO3. The number of carbonyl (C=O) groups is 2. The fraction of sp³-hybridized carbons (Fsp3) is 0.750. The fourth-order valence-electron chi connectivity index (χ4n) is 2.78. The first kappa shape index (κ1) is 6.60. The number of Topliss-reactive ketones (excluding diaryl/α,β-unsaturated/α-hetero) is 1. The first-order valence-corrected chi connectivity index (χ1v) is 4.07. The molecule has 0 aromatic rings. The summed E-state index contributed by atoms with van der Waals surface area (Å²) in [6.45, 7) is 1.82. The number of hydrogen-bond acceptors (Lipinski definition) is 3. The topological polar surface area (TPSA) is 72.7 Å². The van der Waals surface area contributed by atoms with E-state index in [2.05, 4.69) is 0 Å². The van der Waals surface area contributed by atoms with Gasteiger partial charge in [-0.25, -0.2) is 0 Å². The van der Waals surface area contributed by atoms with Gasteiger partial charge in [-0.3, -0.25) is 9.59 Å². The molecule has 1 aliphatic heterocycles. The van der Waals surface area contributed by atoms with Crippen LogP contribution in [0.25, 0.3) is 0 Å². The van der Waals surface area contributed by atoms with Crippen molar-refractivity contribution in [3.05, 3.63) is 0 Å². The van der Waals surface area contributed by atoms with Crippen molar-refractivity contribution in [1.82, 2.24) is 0 Å². The molecule has 2 N–H and O–H groups in total. The standard InChI is InChI=1S/C8H9NO3/c1-8-2(3(8)7(9)11)4-5(12-4)6(8)10/h2-5H,1H3,(H2,9,11). The lowest BCUT2D eigenvalue weighted by Crippen LogP contribution is -2.25. The Morgan fingerprint density at radius 1 is 1.67 bits per heavy atom. The number of amides is 1. The Morgan fingerprint density at radius 3 is 2.75 bits per heavy atom. The maximum absolute atomic E-state index is 11.5. The highest BCUT2D eigenvalue weighted by molar-refractivity contribution is 6.04. The maximum atomic E-state index is 11.5. The third-order valence-electron chi connectivity index (χ3n) is 3.56. The van der Waals surface area contributed by atoms with E-state index in [0.29, 0.717) is 0 Å². The highest BCUT2D eigenvalue weighted by Crippen LogP contribution is 2.71. The summed E-state index contributed by atoms with van der Waals surface area (Å²) in [5, 5.41) is 0. The van der Waals surface area contributed by atoms with E-state index in [4.69, 9.17) is 10.5 Å². The molecule has 0 radical (unpaired) electrons. The molecule has 4 nitrogen and oxygen atoms in total. The first-order valence-electron chi connectivity index (χ1n) is 4.07. The van der Waals surface area contributed by atoms with Crippen molar-refractivity contribution in [1.29, 1.82) is 0 Å². The van der Waals surface area contributed by atoms with Crippen LogP contribution in [-0.2, 0) is 14.3 Å². The van der Waals surface area contributed by atoms with Crippen LogP contribution in [0.5, 0.6) is 0 Å². The summed E-state index contributed by atoms with van der Waals surface area (Å²) in [6.07, 6.45) is -0.185. The van der Waals surface area contributed by atoms with Crippen molar-refractivity contribution in [3.63, 3.8) is 0 Å². The molecule has 2 saturated carbocycles. The van der Waals surface area contributed by atoms with Crippen LogP contribution in [0.1, 0.15) is 6.92 Å². The molecule has 3 aliphatic rings. The Labute approximate surface area is 69.1 Å². The van der Waals surface area contributed by atoms with E-state index < -0.39 is 5.41 Å². The van der Waals surface area contributed by atoms with E-state index >= 15 is 0 Å². The van der Waals surface area contributed by atoms with Gasteiger partial charge in [0.1, 0.15) is 6.10 Å². The van der Waals surface area contributed by atoms with Crippen LogP contribution in [0.15, 0.2) is 0 Å². The zero-order valence-corrected chi connectivity index (χ0v) is 6.61. The number of carbonyl (C=O) groups excluding carboxylic acids is 2. The monoisotopic (exact) mass is 167 g/mol. The lowest BCUT2D eigenvalue weighted by Gasteiger charge is -2.03. The molecular weight excluding hydrogens is 158 g/mol. The number of nitrogens with two attached hydrogens (primary N) is 1. The van der Waals surface area contributed by atoms with Crippen molar-refractivity contribution in [2.75, 3.05) is 0 Å². The zero-order chi connectivity index (χ0) is 8.67. The molecule has 1 saturated heterocycles. The van der Waals surface area contributed by atoms with Crippen LogP contribution < -0.4 is 5.73 Å². The van der Waals surface area contributed by atoms with E-state index in [0.717, 1.165) is 0 Å². The van der Waals surface area contributed by atoms with Crippen LogP contribution in [-0.4, -0.2) is 23.9 Å². The average Bonchev–Trinajstić information content (AvgIpc) is 2.77.